The van der Waals surface area contributed by atoms with Crippen molar-refractivity contribution >= 4 is 5.91 Å². The molecule has 4 nitrogen and oxygen atoms in total. The highest BCUT2D eigenvalue weighted by molar-refractivity contribution is 5.78. The molecule has 1 aliphatic carbocycles. The molecule has 1 aromatic rings. The Morgan fingerprint density at radius 2 is 2.11 bits per heavy atom. The summed E-state index contributed by atoms with van der Waals surface area (Å²) in [4.78, 5) is 14.2. The molecule has 2 N–H and O–H groups in total. The highest BCUT2D eigenvalue weighted by Crippen LogP contribution is 2.29. The van der Waals surface area contributed by atoms with E-state index in [1.165, 1.54) is 0 Å². The molecule has 106 valence electrons. The van der Waals surface area contributed by atoms with E-state index in [0.717, 1.165) is 43.6 Å². The van der Waals surface area contributed by atoms with E-state index < -0.39 is 0 Å². The van der Waals surface area contributed by atoms with Crippen molar-refractivity contribution in [2.75, 3.05) is 13.6 Å². The topological polar surface area (TPSA) is 59.5 Å². The third kappa shape index (κ3) is 3.38. The molecule has 0 aliphatic heterocycles. The van der Waals surface area contributed by atoms with Crippen molar-refractivity contribution in [1.82, 2.24) is 4.90 Å². The molecule has 1 aromatic heterocycles. The second kappa shape index (κ2) is 6.24. The number of rotatable bonds is 4. The summed E-state index contributed by atoms with van der Waals surface area (Å²) >= 11 is 0. The molecule has 0 aromatic carbocycles. The molecule has 0 atom stereocenters. The van der Waals surface area contributed by atoms with E-state index in [2.05, 4.69) is 0 Å². The van der Waals surface area contributed by atoms with Crippen molar-refractivity contribution in [3.8, 4) is 0 Å². The summed E-state index contributed by atoms with van der Waals surface area (Å²) < 4.78 is 5.27. The van der Waals surface area contributed by atoms with Gasteiger partial charge in [-0.1, -0.05) is 0 Å². The third-order valence-electron chi connectivity index (χ3n) is 4.28. The van der Waals surface area contributed by atoms with Crippen LogP contribution in [0.15, 0.2) is 16.7 Å². The molecular formula is C15H24N2O2. The van der Waals surface area contributed by atoms with Crippen molar-refractivity contribution in [2.45, 2.75) is 39.2 Å². The standard InChI is InChI=1S/C15H24N2O2/c1-11-14(7-8-19-11)10-17(2)15(18)13-5-3-12(9-16)4-6-13/h7-8,12-13H,3-6,9-10,16H2,1-2H3. The van der Waals surface area contributed by atoms with Crippen LogP contribution in [0, 0.1) is 18.8 Å². The molecule has 0 spiro atoms. The molecule has 1 fully saturated rings. The number of hydrogen-bond donors (Lipinski definition) is 1. The van der Waals surface area contributed by atoms with E-state index in [-0.39, 0.29) is 11.8 Å². The van der Waals surface area contributed by atoms with Crippen LogP contribution in [0.4, 0.5) is 0 Å². The van der Waals surface area contributed by atoms with E-state index >= 15 is 0 Å². The zero-order valence-corrected chi connectivity index (χ0v) is 11.9. The Kier molecular flexibility index (Phi) is 4.64. The van der Waals surface area contributed by atoms with E-state index in [1.807, 2.05) is 24.9 Å². The molecule has 0 saturated heterocycles. The van der Waals surface area contributed by atoms with Crippen molar-refractivity contribution < 1.29 is 9.21 Å². The molecule has 1 heterocycles. The maximum Gasteiger partial charge on any atom is 0.225 e. The van der Waals surface area contributed by atoms with Gasteiger partial charge in [0.25, 0.3) is 0 Å². The highest BCUT2D eigenvalue weighted by atomic mass is 16.3. The lowest BCUT2D eigenvalue weighted by atomic mass is 9.81. The number of carbonyl (C=O) groups excluding carboxylic acids is 1. The van der Waals surface area contributed by atoms with Gasteiger partial charge in [-0.3, -0.25) is 4.79 Å². The van der Waals surface area contributed by atoms with Crippen molar-refractivity contribution in [2.24, 2.45) is 17.6 Å². The van der Waals surface area contributed by atoms with Gasteiger partial charge in [0.05, 0.1) is 6.26 Å². The fourth-order valence-electron chi connectivity index (χ4n) is 2.87. The van der Waals surface area contributed by atoms with Gasteiger partial charge in [0.1, 0.15) is 5.76 Å². The Morgan fingerprint density at radius 1 is 1.42 bits per heavy atom. The summed E-state index contributed by atoms with van der Waals surface area (Å²) in [6.45, 7) is 3.32. The second-order valence-electron chi connectivity index (χ2n) is 5.65. The first-order chi connectivity index (χ1) is 9.11. The first-order valence-corrected chi connectivity index (χ1v) is 7.09. The molecule has 0 radical (unpaired) electrons. The quantitative estimate of drug-likeness (QED) is 0.907. The molecule has 19 heavy (non-hydrogen) atoms. The van der Waals surface area contributed by atoms with Gasteiger partial charge < -0.3 is 15.1 Å². The van der Waals surface area contributed by atoms with Crippen LogP contribution < -0.4 is 5.73 Å². The van der Waals surface area contributed by atoms with E-state index in [1.54, 1.807) is 6.26 Å². The number of furan rings is 1. The van der Waals surface area contributed by atoms with Crippen molar-refractivity contribution in [3.63, 3.8) is 0 Å². The number of hydrogen-bond acceptors (Lipinski definition) is 3. The van der Waals surface area contributed by atoms with E-state index in [0.29, 0.717) is 12.5 Å². The van der Waals surface area contributed by atoms with E-state index in [4.69, 9.17) is 10.2 Å². The van der Waals surface area contributed by atoms with Crippen LogP contribution in [0.5, 0.6) is 0 Å². The average molecular weight is 264 g/mol. The Balaban J connectivity index is 1.88. The van der Waals surface area contributed by atoms with Crippen LogP contribution in [0.1, 0.15) is 37.0 Å². The van der Waals surface area contributed by atoms with Gasteiger partial charge in [0, 0.05) is 25.1 Å². The fraction of sp³-hybridized carbons (Fsp3) is 0.667. The number of amides is 1. The van der Waals surface area contributed by atoms with Crippen LogP contribution in [0.3, 0.4) is 0 Å². The molecule has 4 heteroatoms. The van der Waals surface area contributed by atoms with Crippen LogP contribution in [-0.4, -0.2) is 24.4 Å². The van der Waals surface area contributed by atoms with Gasteiger partial charge in [0.2, 0.25) is 5.91 Å². The monoisotopic (exact) mass is 264 g/mol. The van der Waals surface area contributed by atoms with Gasteiger partial charge in [0.15, 0.2) is 0 Å². The number of nitrogens with zero attached hydrogens (tertiary/aromatic N) is 1. The Hall–Kier alpha value is -1.29. The Morgan fingerprint density at radius 3 is 2.63 bits per heavy atom. The van der Waals surface area contributed by atoms with Gasteiger partial charge in [-0.25, -0.2) is 0 Å². The largest absolute Gasteiger partial charge is 0.469 e. The van der Waals surface area contributed by atoms with Crippen LogP contribution >= 0.6 is 0 Å². The molecule has 0 bridgehead atoms. The minimum absolute atomic E-state index is 0.181. The first-order valence-electron chi connectivity index (χ1n) is 7.09. The van der Waals surface area contributed by atoms with Crippen molar-refractivity contribution in [3.05, 3.63) is 23.7 Å². The average Bonchev–Trinajstić information content (AvgIpc) is 2.83. The minimum Gasteiger partial charge on any atom is -0.469 e. The Labute approximate surface area is 114 Å². The number of nitrogens with two attached hydrogens (primary N) is 1. The fourth-order valence-corrected chi connectivity index (χ4v) is 2.87. The zero-order valence-electron chi connectivity index (χ0n) is 11.9. The van der Waals surface area contributed by atoms with Crippen LogP contribution in [-0.2, 0) is 11.3 Å². The SMILES string of the molecule is Cc1occc1CN(C)C(=O)C1CCC(CN)CC1. The van der Waals surface area contributed by atoms with Gasteiger partial charge in [-0.05, 0) is 51.1 Å². The molecule has 0 unspecified atom stereocenters. The summed E-state index contributed by atoms with van der Waals surface area (Å²) in [7, 11) is 1.88. The lowest BCUT2D eigenvalue weighted by molar-refractivity contribution is -0.136. The highest BCUT2D eigenvalue weighted by Gasteiger charge is 2.27. The number of carbonyl (C=O) groups is 1. The molecule has 1 saturated carbocycles. The second-order valence-corrected chi connectivity index (χ2v) is 5.65. The van der Waals surface area contributed by atoms with Gasteiger partial charge in [-0.2, -0.15) is 0 Å². The summed E-state index contributed by atoms with van der Waals surface area (Å²) in [5, 5.41) is 0. The lowest BCUT2D eigenvalue weighted by Gasteiger charge is -2.30. The van der Waals surface area contributed by atoms with Crippen LogP contribution in [0.2, 0.25) is 0 Å². The predicted octanol–water partition coefficient (Wildman–Crippen LogP) is 2.31. The maximum absolute atomic E-state index is 12.4. The third-order valence-corrected chi connectivity index (χ3v) is 4.28. The predicted molar refractivity (Wildman–Crippen MR) is 74.4 cm³/mol. The molecule has 1 amide bonds. The molecular weight excluding hydrogens is 240 g/mol. The molecule has 1 aliphatic rings. The number of aryl methyl sites for hydroxylation is 1. The molecule has 2 rings (SSSR count). The minimum atomic E-state index is 0.181. The van der Waals surface area contributed by atoms with Gasteiger partial charge >= 0.3 is 0 Å². The van der Waals surface area contributed by atoms with E-state index in [9.17, 15) is 4.79 Å². The van der Waals surface area contributed by atoms with Gasteiger partial charge in [-0.15, -0.1) is 0 Å². The summed E-state index contributed by atoms with van der Waals surface area (Å²) in [5.74, 6) is 1.95. The zero-order chi connectivity index (χ0) is 13.8. The summed E-state index contributed by atoms with van der Waals surface area (Å²) in [6.07, 6.45) is 5.82. The van der Waals surface area contributed by atoms with Crippen molar-refractivity contribution in [1.29, 1.82) is 0 Å². The van der Waals surface area contributed by atoms with Crippen LogP contribution in [0.25, 0.3) is 0 Å². The normalized spacial score (nSPS) is 23.3. The Bertz CT molecular complexity index is 420. The lowest BCUT2D eigenvalue weighted by Crippen LogP contribution is -2.35. The smallest absolute Gasteiger partial charge is 0.225 e. The summed E-state index contributed by atoms with van der Waals surface area (Å²) in [5.41, 5.74) is 6.78. The maximum atomic E-state index is 12.4. The summed E-state index contributed by atoms with van der Waals surface area (Å²) in [6, 6.07) is 1.93. The first kappa shape index (κ1) is 14.1.